The summed E-state index contributed by atoms with van der Waals surface area (Å²) in [6, 6.07) is 0.390. The first-order chi connectivity index (χ1) is 6.60. The molecular weight excluding hydrogens is 170 g/mol. The lowest BCUT2D eigenvalue weighted by molar-refractivity contribution is 0.490. The highest BCUT2D eigenvalue weighted by atomic mass is 14.9. The van der Waals surface area contributed by atoms with Crippen LogP contribution in [0.15, 0.2) is 36.0 Å². The third kappa shape index (κ3) is 0.755. The molecule has 3 atom stereocenters. The van der Waals surface area contributed by atoms with Gasteiger partial charge in [-0.25, -0.2) is 0 Å². The predicted octanol–water partition coefficient (Wildman–Crippen LogP) is 2.56. The van der Waals surface area contributed by atoms with E-state index in [4.69, 9.17) is 5.73 Å². The highest BCUT2D eigenvalue weighted by molar-refractivity contribution is 5.50. The number of allylic oxidation sites excluding steroid dienone is 4. The molecule has 0 aromatic heterocycles. The van der Waals surface area contributed by atoms with E-state index >= 15 is 0 Å². The van der Waals surface area contributed by atoms with Gasteiger partial charge in [0.15, 0.2) is 0 Å². The van der Waals surface area contributed by atoms with Crippen molar-refractivity contribution in [1.29, 1.82) is 0 Å². The minimum absolute atomic E-state index is 0.339. The average molecular weight is 187 g/mol. The first-order valence-electron chi connectivity index (χ1n) is 5.43. The van der Waals surface area contributed by atoms with E-state index < -0.39 is 0 Å². The van der Waals surface area contributed by atoms with Crippen LogP contribution in [-0.4, -0.2) is 6.04 Å². The molecule has 0 spiro atoms. The molecule has 3 aliphatic carbocycles. The zero-order valence-electron chi connectivity index (χ0n) is 8.72. The zero-order chi connectivity index (χ0) is 9.97. The summed E-state index contributed by atoms with van der Waals surface area (Å²) >= 11 is 0. The van der Waals surface area contributed by atoms with Gasteiger partial charge in [0.25, 0.3) is 0 Å². The Kier molecular flexibility index (Phi) is 1.35. The summed E-state index contributed by atoms with van der Waals surface area (Å²) < 4.78 is 0. The number of nitrogens with two attached hydrogens (primary N) is 1. The summed E-state index contributed by atoms with van der Waals surface area (Å²) in [5.41, 5.74) is 9.45. The molecule has 2 N–H and O–H groups in total. The Hall–Kier alpha value is -0.820. The van der Waals surface area contributed by atoms with Crippen molar-refractivity contribution >= 4 is 0 Å². The van der Waals surface area contributed by atoms with Gasteiger partial charge in [-0.2, -0.15) is 0 Å². The molecule has 0 amide bonds. The molecule has 0 heterocycles. The molecule has 0 saturated heterocycles. The van der Waals surface area contributed by atoms with Gasteiger partial charge in [0.05, 0.1) is 0 Å². The first-order valence-corrected chi connectivity index (χ1v) is 5.43. The third-order valence-corrected chi connectivity index (χ3v) is 4.46. The fourth-order valence-electron chi connectivity index (χ4n) is 3.43. The van der Waals surface area contributed by atoms with E-state index in [2.05, 4.69) is 31.7 Å². The van der Waals surface area contributed by atoms with Crippen molar-refractivity contribution in [2.24, 2.45) is 16.6 Å². The Bertz CT molecular complexity index is 377. The van der Waals surface area contributed by atoms with Gasteiger partial charge in [-0.15, -0.1) is 0 Å². The summed E-state index contributed by atoms with van der Waals surface area (Å²) in [4.78, 5) is 0. The molecule has 1 heteroatoms. The third-order valence-electron chi connectivity index (χ3n) is 4.46. The second-order valence-electron chi connectivity index (χ2n) is 5.23. The van der Waals surface area contributed by atoms with Crippen LogP contribution in [0.5, 0.6) is 0 Å². The normalized spacial score (nSPS) is 48.1. The van der Waals surface area contributed by atoms with E-state index in [1.807, 2.05) is 0 Å². The summed E-state index contributed by atoms with van der Waals surface area (Å²) in [6.07, 6.45) is 10.7. The van der Waals surface area contributed by atoms with Crippen molar-refractivity contribution in [2.45, 2.75) is 32.2 Å². The maximum Gasteiger partial charge on any atom is 0.0139 e. The van der Waals surface area contributed by atoms with Gasteiger partial charge < -0.3 is 5.73 Å². The molecule has 0 aromatic carbocycles. The van der Waals surface area contributed by atoms with Crippen LogP contribution in [-0.2, 0) is 0 Å². The lowest BCUT2D eigenvalue weighted by Crippen LogP contribution is -2.28. The Morgan fingerprint density at radius 3 is 3.14 bits per heavy atom. The highest BCUT2D eigenvalue weighted by Crippen LogP contribution is 2.76. The van der Waals surface area contributed by atoms with Crippen LogP contribution in [0.4, 0.5) is 0 Å². The molecular formula is C13H17N. The molecule has 0 aliphatic heterocycles. The van der Waals surface area contributed by atoms with Gasteiger partial charge in [0.1, 0.15) is 0 Å². The smallest absolute Gasteiger partial charge is 0.0139 e. The SMILES string of the molecule is C=C(C)C1=CC23CC[C@H](N)C2(C=C1)C3. The van der Waals surface area contributed by atoms with E-state index in [0.717, 1.165) is 0 Å². The van der Waals surface area contributed by atoms with Gasteiger partial charge in [0, 0.05) is 16.9 Å². The zero-order valence-corrected chi connectivity index (χ0v) is 8.72. The Balaban J connectivity index is 2.03. The summed E-state index contributed by atoms with van der Waals surface area (Å²) in [6.45, 7) is 6.09. The van der Waals surface area contributed by atoms with Crippen molar-refractivity contribution < 1.29 is 0 Å². The molecule has 14 heavy (non-hydrogen) atoms. The quantitative estimate of drug-likeness (QED) is 0.670. The number of hydrogen-bond acceptors (Lipinski definition) is 1. The molecule has 0 aromatic rings. The molecule has 3 aliphatic rings. The van der Waals surface area contributed by atoms with E-state index in [1.165, 1.54) is 30.4 Å². The molecule has 74 valence electrons. The highest BCUT2D eigenvalue weighted by Gasteiger charge is 2.71. The summed E-state index contributed by atoms with van der Waals surface area (Å²) in [7, 11) is 0. The van der Waals surface area contributed by atoms with Crippen LogP contribution in [0, 0.1) is 10.8 Å². The minimum Gasteiger partial charge on any atom is -0.327 e. The maximum atomic E-state index is 6.18. The lowest BCUT2D eigenvalue weighted by Gasteiger charge is -2.21. The predicted molar refractivity (Wildman–Crippen MR) is 58.7 cm³/mol. The van der Waals surface area contributed by atoms with Crippen LogP contribution < -0.4 is 5.73 Å². The summed E-state index contributed by atoms with van der Waals surface area (Å²) in [5, 5.41) is 0. The Morgan fingerprint density at radius 2 is 2.43 bits per heavy atom. The topological polar surface area (TPSA) is 26.0 Å². The minimum atomic E-state index is 0.339. The van der Waals surface area contributed by atoms with Crippen LogP contribution in [0.2, 0.25) is 0 Å². The molecule has 0 bridgehead atoms. The summed E-state index contributed by atoms with van der Waals surface area (Å²) in [5.74, 6) is 0. The monoisotopic (exact) mass is 187 g/mol. The second kappa shape index (κ2) is 2.22. The average Bonchev–Trinajstić information content (AvgIpc) is 2.75. The van der Waals surface area contributed by atoms with Crippen molar-refractivity contribution in [1.82, 2.24) is 0 Å². The van der Waals surface area contributed by atoms with Crippen LogP contribution in [0.1, 0.15) is 26.2 Å². The van der Waals surface area contributed by atoms with Crippen molar-refractivity contribution in [3.8, 4) is 0 Å². The van der Waals surface area contributed by atoms with E-state index in [0.29, 0.717) is 16.9 Å². The molecule has 2 fully saturated rings. The first kappa shape index (κ1) is 8.49. The van der Waals surface area contributed by atoms with Gasteiger partial charge in [0.2, 0.25) is 0 Å². The fourth-order valence-corrected chi connectivity index (χ4v) is 3.43. The lowest BCUT2D eigenvalue weighted by atomic mass is 9.85. The van der Waals surface area contributed by atoms with E-state index in [9.17, 15) is 0 Å². The van der Waals surface area contributed by atoms with Crippen LogP contribution in [0.25, 0.3) is 0 Å². The van der Waals surface area contributed by atoms with Gasteiger partial charge in [-0.3, -0.25) is 0 Å². The molecule has 1 nitrogen and oxygen atoms in total. The van der Waals surface area contributed by atoms with Crippen molar-refractivity contribution in [3.63, 3.8) is 0 Å². The van der Waals surface area contributed by atoms with Crippen LogP contribution in [0.3, 0.4) is 0 Å². The van der Waals surface area contributed by atoms with E-state index in [-0.39, 0.29) is 0 Å². The maximum absolute atomic E-state index is 6.18. The second-order valence-corrected chi connectivity index (χ2v) is 5.23. The van der Waals surface area contributed by atoms with Crippen molar-refractivity contribution in [2.75, 3.05) is 0 Å². The largest absolute Gasteiger partial charge is 0.327 e. The van der Waals surface area contributed by atoms with Gasteiger partial charge in [-0.05, 0) is 31.8 Å². The van der Waals surface area contributed by atoms with Crippen molar-refractivity contribution in [3.05, 3.63) is 36.0 Å². The molecule has 3 rings (SSSR count). The number of rotatable bonds is 1. The van der Waals surface area contributed by atoms with Gasteiger partial charge >= 0.3 is 0 Å². The molecule has 0 radical (unpaired) electrons. The number of hydrogen-bond donors (Lipinski definition) is 1. The standard InChI is InChI=1S/C13H17N/c1-9(2)10-3-6-13-8-12(13,7-10)5-4-11(13)14/h3,6-7,11H,1,4-5,8,14H2,2H3/t11-,12?,13?/m0/s1. The van der Waals surface area contributed by atoms with Crippen LogP contribution >= 0.6 is 0 Å². The Morgan fingerprint density at radius 1 is 1.64 bits per heavy atom. The fraction of sp³-hybridized carbons (Fsp3) is 0.538. The molecule has 2 unspecified atom stereocenters. The van der Waals surface area contributed by atoms with E-state index in [1.54, 1.807) is 0 Å². The Labute approximate surface area is 85.4 Å². The molecule has 2 saturated carbocycles. The van der Waals surface area contributed by atoms with Gasteiger partial charge in [-0.1, -0.05) is 30.4 Å².